The smallest absolute Gasteiger partial charge is 0.145 e. The Kier molecular flexibility index (Phi) is 8.66. The van der Waals surface area contributed by atoms with Crippen molar-refractivity contribution in [2.45, 2.75) is 31.8 Å². The molecule has 7 heteroatoms. The van der Waals surface area contributed by atoms with Crippen molar-refractivity contribution in [1.29, 1.82) is 0 Å². The molecule has 4 rings (SSSR count). The first kappa shape index (κ1) is 24.4. The third-order valence-electron chi connectivity index (χ3n) is 5.56. The third-order valence-corrected chi connectivity index (χ3v) is 5.81. The van der Waals surface area contributed by atoms with Crippen molar-refractivity contribution in [3.63, 3.8) is 0 Å². The quantitative estimate of drug-likeness (QED) is 0.415. The first-order valence-corrected chi connectivity index (χ1v) is 11.7. The van der Waals surface area contributed by atoms with E-state index in [4.69, 9.17) is 21.2 Å². The van der Waals surface area contributed by atoms with E-state index < -0.39 is 6.10 Å². The minimum atomic E-state index is -0.699. The van der Waals surface area contributed by atoms with Crippen LogP contribution in [-0.4, -0.2) is 47.6 Å². The van der Waals surface area contributed by atoms with Gasteiger partial charge in [0.25, 0.3) is 0 Å². The van der Waals surface area contributed by atoms with Gasteiger partial charge in [0.2, 0.25) is 0 Å². The van der Waals surface area contributed by atoms with Crippen molar-refractivity contribution >= 4 is 17.3 Å². The molecule has 0 saturated heterocycles. The zero-order chi connectivity index (χ0) is 23.8. The van der Waals surface area contributed by atoms with Gasteiger partial charge in [-0.1, -0.05) is 71.4 Å². The lowest BCUT2D eigenvalue weighted by molar-refractivity contribution is -0.00650. The summed E-state index contributed by atoms with van der Waals surface area (Å²) in [7, 11) is 0. The number of halogens is 2. The van der Waals surface area contributed by atoms with Crippen LogP contribution in [0.25, 0.3) is 0 Å². The van der Waals surface area contributed by atoms with Gasteiger partial charge >= 0.3 is 0 Å². The summed E-state index contributed by atoms with van der Waals surface area (Å²) in [6, 6.07) is 23.8. The van der Waals surface area contributed by atoms with Crippen LogP contribution in [0.15, 0.2) is 84.0 Å². The van der Waals surface area contributed by atoms with E-state index in [0.29, 0.717) is 37.7 Å². The maximum absolute atomic E-state index is 13.7. The zero-order valence-electron chi connectivity index (χ0n) is 18.8. The van der Waals surface area contributed by atoms with Crippen molar-refractivity contribution in [1.82, 2.24) is 4.90 Å². The number of hydrogen-bond donors (Lipinski definition) is 1. The van der Waals surface area contributed by atoms with Gasteiger partial charge in [-0.2, -0.15) is 0 Å². The first-order valence-electron chi connectivity index (χ1n) is 11.3. The molecule has 0 saturated carbocycles. The van der Waals surface area contributed by atoms with E-state index in [1.54, 1.807) is 6.07 Å². The monoisotopic (exact) mass is 482 g/mol. The molecule has 34 heavy (non-hydrogen) atoms. The Labute approximate surface area is 204 Å². The molecular formula is C27H28ClFN2O3. The van der Waals surface area contributed by atoms with E-state index in [2.05, 4.69) is 10.1 Å². The molecule has 3 aromatic rings. The van der Waals surface area contributed by atoms with E-state index in [9.17, 15) is 9.50 Å². The van der Waals surface area contributed by atoms with E-state index >= 15 is 0 Å². The molecule has 2 atom stereocenters. The summed E-state index contributed by atoms with van der Waals surface area (Å²) in [5.74, 6) is -0.283. The normalized spacial score (nSPS) is 16.4. The molecule has 1 N–H and O–H groups in total. The molecule has 178 valence electrons. The fourth-order valence-corrected chi connectivity index (χ4v) is 4.09. The molecule has 0 aromatic heterocycles. The maximum atomic E-state index is 13.7. The summed E-state index contributed by atoms with van der Waals surface area (Å²) < 4.78 is 19.4. The molecule has 0 aliphatic carbocycles. The van der Waals surface area contributed by atoms with Crippen molar-refractivity contribution in [3.8, 4) is 0 Å². The van der Waals surface area contributed by atoms with E-state index in [-0.39, 0.29) is 18.5 Å². The standard InChI is InChI=1S/C27H28ClFN2O3/c28-23-11-9-22(10-12-23)27-14-26(34-30-27)17-31(15-21-7-4-8-24(29)13-21)16-25(32)19-33-18-20-5-2-1-3-6-20/h1-13,25-26,32H,14-19H2/t25-,26-/m1/s1. The van der Waals surface area contributed by atoms with Crippen LogP contribution in [0.3, 0.4) is 0 Å². The van der Waals surface area contributed by atoms with Gasteiger partial charge in [-0.25, -0.2) is 4.39 Å². The van der Waals surface area contributed by atoms with Crippen LogP contribution in [0.2, 0.25) is 5.02 Å². The van der Waals surface area contributed by atoms with Gasteiger partial charge in [-0.15, -0.1) is 0 Å². The summed E-state index contributed by atoms with van der Waals surface area (Å²) in [5.41, 5.74) is 3.71. The number of benzene rings is 3. The second-order valence-corrected chi connectivity index (χ2v) is 8.89. The van der Waals surface area contributed by atoms with E-state index in [1.807, 2.05) is 60.7 Å². The van der Waals surface area contributed by atoms with E-state index in [1.165, 1.54) is 12.1 Å². The third kappa shape index (κ3) is 7.37. The van der Waals surface area contributed by atoms with Crippen LogP contribution in [-0.2, 0) is 22.7 Å². The molecule has 0 bridgehead atoms. The van der Waals surface area contributed by atoms with Gasteiger partial charge in [0, 0.05) is 31.1 Å². The van der Waals surface area contributed by atoms with E-state index in [0.717, 1.165) is 22.4 Å². The molecule has 1 heterocycles. The number of hydrogen-bond acceptors (Lipinski definition) is 5. The number of oxime groups is 1. The SMILES string of the molecule is O[C@@H](COCc1ccccc1)CN(Cc1cccc(F)c1)C[C@H]1CC(c2ccc(Cl)cc2)=NO1. The van der Waals surface area contributed by atoms with Crippen LogP contribution in [0.4, 0.5) is 4.39 Å². The summed E-state index contributed by atoms with van der Waals surface area (Å²) in [5, 5.41) is 15.6. The minimum absolute atomic E-state index is 0.170. The molecule has 0 spiro atoms. The number of aliphatic hydroxyl groups excluding tert-OH is 1. The number of nitrogens with zero attached hydrogens (tertiary/aromatic N) is 2. The van der Waals surface area contributed by atoms with Gasteiger partial charge in [0.1, 0.15) is 11.9 Å². The average Bonchev–Trinajstić information content (AvgIpc) is 3.28. The maximum Gasteiger partial charge on any atom is 0.145 e. The topological polar surface area (TPSA) is 54.3 Å². The van der Waals surface area contributed by atoms with Crippen LogP contribution < -0.4 is 0 Å². The zero-order valence-corrected chi connectivity index (χ0v) is 19.6. The Morgan fingerprint density at radius 1 is 1.06 bits per heavy atom. The summed E-state index contributed by atoms with van der Waals surface area (Å²) in [6.07, 6.45) is -0.228. The van der Waals surface area contributed by atoms with Crippen LogP contribution >= 0.6 is 11.6 Å². The van der Waals surface area contributed by atoms with Gasteiger partial charge < -0.3 is 14.7 Å². The fraction of sp³-hybridized carbons (Fsp3) is 0.296. The van der Waals surface area contributed by atoms with Gasteiger partial charge in [-0.05, 0) is 41.0 Å². The molecule has 0 fully saturated rings. The molecule has 3 aromatic carbocycles. The van der Waals surface area contributed by atoms with Crippen molar-refractivity contribution in [2.75, 3.05) is 19.7 Å². The summed E-state index contributed by atoms with van der Waals surface area (Å²) >= 11 is 5.98. The average molecular weight is 483 g/mol. The molecule has 0 amide bonds. The molecule has 5 nitrogen and oxygen atoms in total. The van der Waals surface area contributed by atoms with Crippen molar-refractivity contribution in [3.05, 3.63) is 106 Å². The predicted octanol–water partition coefficient (Wildman–Crippen LogP) is 5.05. The Balaban J connectivity index is 1.34. The number of ether oxygens (including phenoxy) is 1. The van der Waals surface area contributed by atoms with Crippen LogP contribution in [0.1, 0.15) is 23.1 Å². The van der Waals surface area contributed by atoms with Crippen LogP contribution in [0, 0.1) is 5.82 Å². The highest BCUT2D eigenvalue weighted by atomic mass is 35.5. The van der Waals surface area contributed by atoms with Gasteiger partial charge in [-0.3, -0.25) is 4.90 Å². The highest BCUT2D eigenvalue weighted by Crippen LogP contribution is 2.20. The highest BCUT2D eigenvalue weighted by molar-refractivity contribution is 6.30. The first-order chi connectivity index (χ1) is 16.5. The summed E-state index contributed by atoms with van der Waals surface area (Å²) in [6.45, 7) is 2.01. The largest absolute Gasteiger partial charge is 0.390 e. The Hall–Kier alpha value is -2.77. The Morgan fingerprint density at radius 3 is 2.59 bits per heavy atom. The Morgan fingerprint density at radius 2 is 1.82 bits per heavy atom. The fourth-order valence-electron chi connectivity index (χ4n) is 3.96. The second kappa shape index (κ2) is 12.1. The summed E-state index contributed by atoms with van der Waals surface area (Å²) in [4.78, 5) is 7.74. The number of aliphatic hydroxyl groups is 1. The molecule has 1 aliphatic heterocycles. The number of rotatable bonds is 11. The van der Waals surface area contributed by atoms with Crippen molar-refractivity contribution < 1.29 is 19.1 Å². The van der Waals surface area contributed by atoms with Crippen LogP contribution in [0.5, 0.6) is 0 Å². The molecule has 1 aliphatic rings. The highest BCUT2D eigenvalue weighted by Gasteiger charge is 2.26. The lowest BCUT2D eigenvalue weighted by Crippen LogP contribution is -2.39. The van der Waals surface area contributed by atoms with Gasteiger partial charge in [0.15, 0.2) is 0 Å². The molecular weight excluding hydrogens is 455 g/mol. The second-order valence-electron chi connectivity index (χ2n) is 8.45. The predicted molar refractivity (Wildman–Crippen MR) is 131 cm³/mol. The molecule has 0 unspecified atom stereocenters. The Bertz CT molecular complexity index is 1080. The van der Waals surface area contributed by atoms with Crippen molar-refractivity contribution in [2.24, 2.45) is 5.16 Å². The lowest BCUT2D eigenvalue weighted by atomic mass is 10.0. The minimum Gasteiger partial charge on any atom is -0.390 e. The van der Waals surface area contributed by atoms with Gasteiger partial charge in [0.05, 0.1) is 25.0 Å². The molecule has 0 radical (unpaired) electrons. The lowest BCUT2D eigenvalue weighted by Gasteiger charge is -2.27.